The summed E-state index contributed by atoms with van der Waals surface area (Å²) in [6.45, 7) is 9.72. The third kappa shape index (κ3) is 11.7. The average molecular weight is 799 g/mol. The molecule has 0 bridgehead atoms. The molecule has 8 atom stereocenters. The van der Waals surface area contributed by atoms with Gasteiger partial charge in [-0.25, -0.2) is 18.3 Å². The molecule has 54 heavy (non-hydrogen) atoms. The second-order valence-electron chi connectivity index (χ2n) is 12.8. The summed E-state index contributed by atoms with van der Waals surface area (Å²) < 4.78 is 85.6. The summed E-state index contributed by atoms with van der Waals surface area (Å²) in [5, 5.41) is 4.98. The number of nitrogens with zero attached hydrogens (tertiary/aromatic N) is 1. The molecule has 1 aromatic heterocycles. The summed E-state index contributed by atoms with van der Waals surface area (Å²) in [5.41, 5.74) is -1.73. The van der Waals surface area contributed by atoms with Gasteiger partial charge in [-0.1, -0.05) is 36.4 Å². The van der Waals surface area contributed by atoms with Crippen LogP contribution in [0.15, 0.2) is 76.4 Å². The highest BCUT2D eigenvalue weighted by Crippen LogP contribution is 2.51. The number of esters is 2. The first-order valence-corrected chi connectivity index (χ1v) is 20.1. The molecule has 296 valence electrons. The highest BCUT2D eigenvalue weighted by atomic mass is 31.2. The van der Waals surface area contributed by atoms with Gasteiger partial charge in [0, 0.05) is 11.8 Å². The molecule has 0 spiro atoms. The van der Waals surface area contributed by atoms with E-state index in [1.807, 2.05) is 0 Å². The van der Waals surface area contributed by atoms with Crippen molar-refractivity contribution in [3.63, 3.8) is 0 Å². The van der Waals surface area contributed by atoms with E-state index < -0.39 is 94.2 Å². The lowest BCUT2D eigenvalue weighted by Gasteiger charge is -2.29. The fourth-order valence-corrected chi connectivity index (χ4v) is 8.15. The van der Waals surface area contributed by atoms with Crippen molar-refractivity contribution in [2.45, 2.75) is 97.4 Å². The number of carbonyl (C=O) groups excluding carboxylic acids is 2. The molecule has 0 saturated carbocycles. The number of para-hydroxylation sites is 2. The van der Waals surface area contributed by atoms with Gasteiger partial charge in [0.2, 0.25) is 0 Å². The van der Waals surface area contributed by atoms with Crippen molar-refractivity contribution in [1.82, 2.24) is 19.7 Å². The Kier molecular flexibility index (Phi) is 14.6. The predicted molar refractivity (Wildman–Crippen MR) is 193 cm³/mol. The van der Waals surface area contributed by atoms with Crippen LogP contribution in [0, 0.1) is 6.92 Å². The number of benzene rings is 2. The zero-order valence-electron chi connectivity index (χ0n) is 30.7. The first-order valence-electron chi connectivity index (χ1n) is 17.0. The number of aromatic nitrogens is 2. The lowest BCUT2D eigenvalue weighted by Crippen LogP contribution is -2.41. The topological polar surface area (TPSA) is 212 Å². The van der Waals surface area contributed by atoms with Crippen LogP contribution in [0.2, 0.25) is 0 Å². The predicted octanol–water partition coefficient (Wildman–Crippen LogP) is 4.72. The zero-order valence-corrected chi connectivity index (χ0v) is 32.5. The Morgan fingerprint density at radius 3 is 1.81 bits per heavy atom. The van der Waals surface area contributed by atoms with Crippen molar-refractivity contribution in [2.24, 2.45) is 0 Å². The van der Waals surface area contributed by atoms with Gasteiger partial charge in [0.05, 0.1) is 18.8 Å². The third-order valence-corrected chi connectivity index (χ3v) is 10.7. The molecule has 17 nitrogen and oxygen atoms in total. The van der Waals surface area contributed by atoms with E-state index in [0.717, 1.165) is 10.8 Å². The van der Waals surface area contributed by atoms with Crippen molar-refractivity contribution in [3.8, 4) is 11.5 Å². The lowest BCUT2D eigenvalue weighted by molar-refractivity contribution is -0.150. The zero-order chi connectivity index (χ0) is 39.8. The van der Waals surface area contributed by atoms with Gasteiger partial charge in [0.25, 0.3) is 5.56 Å². The van der Waals surface area contributed by atoms with Crippen molar-refractivity contribution in [1.29, 1.82) is 0 Å². The van der Waals surface area contributed by atoms with Gasteiger partial charge in [-0.05, 0) is 72.7 Å². The van der Waals surface area contributed by atoms with Crippen molar-refractivity contribution in [2.75, 3.05) is 6.61 Å². The first kappa shape index (κ1) is 42.6. The number of rotatable bonds is 18. The Morgan fingerprint density at radius 1 is 0.833 bits per heavy atom. The average Bonchev–Trinajstić information content (AvgIpc) is 3.39. The highest BCUT2D eigenvalue weighted by molar-refractivity contribution is 7.52. The molecule has 3 N–H and O–H groups in total. The fraction of sp³-hybridized carbons (Fsp3) is 0.471. The van der Waals surface area contributed by atoms with E-state index in [-0.39, 0.29) is 17.1 Å². The minimum atomic E-state index is -4.78. The van der Waals surface area contributed by atoms with Crippen LogP contribution in [0.3, 0.4) is 0 Å². The molecule has 20 heteroatoms. The van der Waals surface area contributed by atoms with Crippen LogP contribution in [0.1, 0.15) is 53.3 Å². The number of hydrogen-bond donors (Lipinski definition) is 3. The van der Waals surface area contributed by atoms with E-state index in [2.05, 4.69) is 15.2 Å². The first-order chi connectivity index (χ1) is 25.4. The minimum Gasteiger partial charge on any atom is -0.462 e. The maximum atomic E-state index is 16.7. The van der Waals surface area contributed by atoms with E-state index in [0.29, 0.717) is 0 Å². The summed E-state index contributed by atoms with van der Waals surface area (Å²) in [5.74, 6) is -1.53. The Morgan fingerprint density at radius 2 is 1.31 bits per heavy atom. The molecule has 1 aliphatic heterocycles. The van der Waals surface area contributed by atoms with Crippen molar-refractivity contribution >= 4 is 27.4 Å². The standard InChI is InChI=1S/C34H45FN4O13P2/c1-20(2)47-32(41)23(6)37-53(44,50-25-14-10-8-11-15-25)46-19-27-29(28(35)31(49-27)39-18-22(5)30(40)36-34(39)43)52-54(45,51-26-16-12-9-13-17-26)38-24(7)33(42)48-21(3)4/h8-18,20-21,23-24,27-29,31H,19H2,1-7H3,(H,37,44)(H,38,45)(H,36,40,43)/t23-,24-,27-,28?,29+,31-,53?,54-/m0/s1. The van der Waals surface area contributed by atoms with Gasteiger partial charge in [-0.2, -0.15) is 10.2 Å². The molecule has 2 heterocycles. The SMILES string of the molecule is Cc1cn([C@H]2O[C@@H](COP(=O)(N[C@@H](C)C(=O)OC(C)C)Oc3ccccc3)[C@@H](O[P@](=O)(N[C@@H](C)C(=O)OC(C)C)Oc3ccccc3)C2F)c(=O)[nH]c1=O. The summed E-state index contributed by atoms with van der Waals surface area (Å²) in [6.07, 6.45) is -7.69. The Hall–Kier alpha value is -4.15. The second-order valence-corrected chi connectivity index (χ2v) is 16.2. The maximum Gasteiger partial charge on any atom is 0.459 e. The highest BCUT2D eigenvalue weighted by Gasteiger charge is 2.52. The number of H-pyrrole nitrogens is 1. The van der Waals surface area contributed by atoms with Crippen molar-refractivity contribution < 1.29 is 55.4 Å². The molecule has 3 aromatic rings. The molecular weight excluding hydrogens is 753 g/mol. The third-order valence-electron chi connectivity index (χ3n) is 7.41. The summed E-state index contributed by atoms with van der Waals surface area (Å²) in [7, 11) is -9.35. The molecule has 4 rings (SSSR count). The van der Waals surface area contributed by atoms with Crippen LogP contribution in [0.4, 0.5) is 4.39 Å². The van der Waals surface area contributed by atoms with Gasteiger partial charge in [-0.3, -0.25) is 33.0 Å². The Balaban J connectivity index is 1.72. The van der Waals surface area contributed by atoms with E-state index in [1.165, 1.54) is 45.0 Å². The minimum absolute atomic E-state index is 0.0103. The smallest absolute Gasteiger partial charge is 0.459 e. The van der Waals surface area contributed by atoms with Gasteiger partial charge in [-0.15, -0.1) is 0 Å². The lowest BCUT2D eigenvalue weighted by atomic mass is 10.1. The molecule has 1 saturated heterocycles. The number of nitrogens with one attached hydrogen (secondary N) is 3. The van der Waals surface area contributed by atoms with Gasteiger partial charge >= 0.3 is 33.1 Å². The Bertz CT molecular complexity index is 1950. The molecule has 1 aliphatic rings. The second kappa shape index (κ2) is 18.5. The monoisotopic (exact) mass is 798 g/mol. The van der Waals surface area contributed by atoms with E-state index in [9.17, 15) is 28.3 Å². The van der Waals surface area contributed by atoms with E-state index in [1.54, 1.807) is 64.1 Å². The largest absolute Gasteiger partial charge is 0.462 e. The molecule has 2 aromatic carbocycles. The molecule has 1 fully saturated rings. The van der Waals surface area contributed by atoms with Crippen LogP contribution in [-0.2, 0) is 42.0 Å². The van der Waals surface area contributed by atoms with Gasteiger partial charge in [0.1, 0.15) is 35.8 Å². The summed E-state index contributed by atoms with van der Waals surface area (Å²) in [6, 6.07) is 12.9. The van der Waals surface area contributed by atoms with Crippen LogP contribution in [-0.4, -0.2) is 70.8 Å². The number of ether oxygens (including phenoxy) is 3. The number of halogens is 1. The van der Waals surface area contributed by atoms with Gasteiger partial charge < -0.3 is 23.3 Å². The molecular formula is C34H45FN4O13P2. The van der Waals surface area contributed by atoms with E-state index >= 15 is 4.39 Å². The fourth-order valence-electron chi connectivity index (χ4n) is 4.94. The Labute approximate surface area is 311 Å². The molecule has 0 aliphatic carbocycles. The molecule has 2 unspecified atom stereocenters. The molecule has 0 amide bonds. The number of aryl methyl sites for hydroxylation is 1. The summed E-state index contributed by atoms with van der Waals surface area (Å²) in [4.78, 5) is 52.5. The van der Waals surface area contributed by atoms with Crippen LogP contribution in [0.5, 0.6) is 11.5 Å². The number of carbonyl (C=O) groups is 2. The van der Waals surface area contributed by atoms with Crippen LogP contribution in [0.25, 0.3) is 0 Å². The van der Waals surface area contributed by atoms with Crippen LogP contribution >= 0.6 is 15.5 Å². The molecule has 0 radical (unpaired) electrons. The van der Waals surface area contributed by atoms with Crippen molar-refractivity contribution in [3.05, 3.63) is 93.3 Å². The number of hydrogen-bond acceptors (Lipinski definition) is 13. The van der Waals surface area contributed by atoms with Crippen LogP contribution < -0.4 is 30.5 Å². The van der Waals surface area contributed by atoms with E-state index in [4.69, 9.17) is 32.3 Å². The quantitative estimate of drug-likeness (QED) is 0.117. The normalized spacial score (nSPS) is 21.8. The van der Waals surface area contributed by atoms with Gasteiger partial charge in [0.15, 0.2) is 12.4 Å². The maximum absolute atomic E-state index is 16.7. The summed E-state index contributed by atoms with van der Waals surface area (Å²) >= 11 is 0. The number of alkyl halides is 1. The number of aromatic amines is 1.